The number of amides is 2. The van der Waals surface area contributed by atoms with E-state index in [9.17, 15) is 9.00 Å². The number of urea groups is 1. The fourth-order valence-electron chi connectivity index (χ4n) is 2.92. The summed E-state index contributed by atoms with van der Waals surface area (Å²) in [5, 5.41) is 7.29. The maximum Gasteiger partial charge on any atom is 0.321 e. The number of rotatable bonds is 3. The molecule has 2 amide bonds. The minimum absolute atomic E-state index is 0.103. The summed E-state index contributed by atoms with van der Waals surface area (Å²) in [7, 11) is -1.01. The highest BCUT2D eigenvalue weighted by molar-refractivity contribution is 7.84. The van der Waals surface area contributed by atoms with E-state index in [0.29, 0.717) is 12.2 Å². The predicted octanol–water partition coefficient (Wildman–Crippen LogP) is 2.80. The lowest BCUT2D eigenvalue weighted by atomic mass is 10.1. The molecule has 1 aromatic carbocycles. The van der Waals surface area contributed by atoms with Crippen molar-refractivity contribution in [3.8, 4) is 0 Å². The molecule has 1 aliphatic rings. The summed E-state index contributed by atoms with van der Waals surface area (Å²) in [4.78, 5) is 15.1. The monoisotopic (exact) mass is 346 g/mol. The number of carbonyl (C=O) groups is 1. The number of anilines is 1. The second-order valence-corrected chi connectivity index (χ2v) is 7.53. The zero-order valence-electron chi connectivity index (χ0n) is 13.9. The Morgan fingerprint density at radius 3 is 2.71 bits per heavy atom. The van der Waals surface area contributed by atoms with Gasteiger partial charge in [0.2, 0.25) is 0 Å². The summed E-state index contributed by atoms with van der Waals surface area (Å²) < 4.78 is 13.4. The van der Waals surface area contributed by atoms with Crippen molar-refractivity contribution in [3.05, 3.63) is 42.2 Å². The van der Waals surface area contributed by atoms with Crippen LogP contribution in [0, 0.1) is 6.92 Å². The van der Waals surface area contributed by atoms with Gasteiger partial charge in [-0.25, -0.2) is 4.79 Å². The highest BCUT2D eigenvalue weighted by Crippen LogP contribution is 2.22. The van der Waals surface area contributed by atoms with Gasteiger partial charge < -0.3 is 10.2 Å². The second kappa shape index (κ2) is 7.17. The van der Waals surface area contributed by atoms with E-state index in [2.05, 4.69) is 10.4 Å². The third kappa shape index (κ3) is 3.84. The van der Waals surface area contributed by atoms with Crippen molar-refractivity contribution < 1.29 is 9.00 Å². The number of carbonyl (C=O) groups excluding carboxylic acids is 1. The first-order chi connectivity index (χ1) is 11.5. The number of aryl methyl sites for hydroxylation is 1. The van der Waals surface area contributed by atoms with Gasteiger partial charge in [-0.3, -0.25) is 8.89 Å². The van der Waals surface area contributed by atoms with Gasteiger partial charge in [0, 0.05) is 46.9 Å². The highest BCUT2D eigenvalue weighted by Gasteiger charge is 2.25. The molecule has 2 aromatic rings. The molecular weight excluding hydrogens is 324 g/mol. The van der Waals surface area contributed by atoms with Crippen molar-refractivity contribution in [2.45, 2.75) is 30.7 Å². The first kappa shape index (κ1) is 16.7. The Labute approximate surface area is 144 Å². The van der Waals surface area contributed by atoms with Gasteiger partial charge >= 0.3 is 6.03 Å². The molecule has 128 valence electrons. The lowest BCUT2D eigenvalue weighted by molar-refractivity contribution is 0.175. The number of benzene rings is 1. The van der Waals surface area contributed by atoms with E-state index >= 15 is 0 Å². The molecular formula is C17H22N4O2S. The van der Waals surface area contributed by atoms with Crippen LogP contribution in [-0.4, -0.2) is 44.3 Å². The van der Waals surface area contributed by atoms with Crippen LogP contribution >= 0.6 is 0 Å². The van der Waals surface area contributed by atoms with E-state index in [4.69, 9.17) is 0 Å². The molecule has 1 N–H and O–H groups in total. The largest absolute Gasteiger partial charge is 0.322 e. The molecule has 6 nitrogen and oxygen atoms in total. The van der Waals surface area contributed by atoms with Gasteiger partial charge in [-0.15, -0.1) is 0 Å². The maximum atomic E-state index is 12.5. The summed E-state index contributed by atoms with van der Waals surface area (Å²) in [6.07, 6.45) is 7.50. The smallest absolute Gasteiger partial charge is 0.321 e. The SMILES string of the molecule is Cc1cnn([C@@H]2CCCN(C(=O)Nc3ccc([S@](C)=O)cc3)C2)c1. The van der Waals surface area contributed by atoms with E-state index < -0.39 is 10.8 Å². The molecule has 0 bridgehead atoms. The molecule has 3 rings (SSSR count). The van der Waals surface area contributed by atoms with Gasteiger partial charge in [-0.1, -0.05) is 0 Å². The van der Waals surface area contributed by atoms with Gasteiger partial charge in [-0.05, 0) is 49.6 Å². The average Bonchev–Trinajstić information content (AvgIpc) is 3.02. The van der Waals surface area contributed by atoms with Crippen LogP contribution in [0.25, 0.3) is 0 Å². The second-order valence-electron chi connectivity index (χ2n) is 6.15. The van der Waals surface area contributed by atoms with E-state index in [1.54, 1.807) is 30.5 Å². The third-order valence-electron chi connectivity index (χ3n) is 4.23. The average molecular weight is 346 g/mol. The predicted molar refractivity (Wildman–Crippen MR) is 94.6 cm³/mol. The molecule has 2 atom stereocenters. The summed E-state index contributed by atoms with van der Waals surface area (Å²) >= 11 is 0. The summed E-state index contributed by atoms with van der Waals surface area (Å²) in [6.45, 7) is 3.42. The van der Waals surface area contributed by atoms with Crippen molar-refractivity contribution in [3.63, 3.8) is 0 Å². The Morgan fingerprint density at radius 1 is 1.33 bits per heavy atom. The molecule has 1 aliphatic heterocycles. The Hall–Kier alpha value is -2.15. The zero-order valence-corrected chi connectivity index (χ0v) is 14.8. The summed E-state index contributed by atoms with van der Waals surface area (Å²) in [5.74, 6) is 0. The summed E-state index contributed by atoms with van der Waals surface area (Å²) in [6, 6.07) is 7.24. The van der Waals surface area contributed by atoms with E-state index in [1.165, 1.54) is 0 Å². The van der Waals surface area contributed by atoms with Crippen molar-refractivity contribution in [2.75, 3.05) is 24.7 Å². The van der Waals surface area contributed by atoms with Crippen LogP contribution in [0.4, 0.5) is 10.5 Å². The molecule has 0 aliphatic carbocycles. The standard InChI is InChI=1S/C17H22N4O2S/c1-13-10-18-21(11-13)15-4-3-9-20(12-15)17(22)19-14-5-7-16(8-6-14)24(2)23/h5-8,10-11,15H,3-4,9,12H2,1-2H3,(H,19,22)/t15-,24+/m1/s1. The van der Waals surface area contributed by atoms with Crippen LogP contribution in [0.1, 0.15) is 24.4 Å². The minimum Gasteiger partial charge on any atom is -0.322 e. The Balaban J connectivity index is 1.63. The van der Waals surface area contributed by atoms with Crippen molar-refractivity contribution in [1.82, 2.24) is 14.7 Å². The van der Waals surface area contributed by atoms with Crippen LogP contribution in [0.15, 0.2) is 41.6 Å². The Morgan fingerprint density at radius 2 is 2.08 bits per heavy atom. The molecule has 0 unspecified atom stereocenters. The molecule has 2 heterocycles. The van der Waals surface area contributed by atoms with Crippen LogP contribution in [0.2, 0.25) is 0 Å². The maximum absolute atomic E-state index is 12.5. The molecule has 1 aromatic heterocycles. The van der Waals surface area contributed by atoms with Crippen molar-refractivity contribution in [1.29, 1.82) is 0 Å². The van der Waals surface area contributed by atoms with Gasteiger partial charge in [0.15, 0.2) is 0 Å². The number of piperidine rings is 1. The molecule has 24 heavy (non-hydrogen) atoms. The molecule has 0 radical (unpaired) electrons. The number of likely N-dealkylation sites (tertiary alicyclic amines) is 1. The quantitative estimate of drug-likeness (QED) is 0.929. The fraction of sp³-hybridized carbons (Fsp3) is 0.412. The normalized spacial score (nSPS) is 19.1. The van der Waals surface area contributed by atoms with Crippen LogP contribution in [0.3, 0.4) is 0 Å². The molecule has 0 spiro atoms. The number of aromatic nitrogens is 2. The van der Waals surface area contributed by atoms with E-state index in [0.717, 1.165) is 29.8 Å². The first-order valence-electron chi connectivity index (χ1n) is 8.03. The lowest BCUT2D eigenvalue weighted by Gasteiger charge is -2.32. The van der Waals surface area contributed by atoms with Gasteiger partial charge in [0.25, 0.3) is 0 Å². The lowest BCUT2D eigenvalue weighted by Crippen LogP contribution is -2.43. The third-order valence-corrected chi connectivity index (χ3v) is 5.16. The summed E-state index contributed by atoms with van der Waals surface area (Å²) in [5.41, 5.74) is 1.84. The van der Waals surface area contributed by atoms with Crippen molar-refractivity contribution >= 4 is 22.5 Å². The molecule has 1 fully saturated rings. The Kier molecular flexibility index (Phi) is 4.99. The minimum atomic E-state index is -1.01. The molecule has 0 saturated carbocycles. The van der Waals surface area contributed by atoms with Crippen LogP contribution < -0.4 is 5.32 Å². The van der Waals surface area contributed by atoms with Crippen LogP contribution in [0.5, 0.6) is 0 Å². The highest BCUT2D eigenvalue weighted by atomic mass is 32.2. The number of nitrogens with one attached hydrogen (secondary N) is 1. The van der Waals surface area contributed by atoms with E-state index in [1.807, 2.05) is 28.9 Å². The van der Waals surface area contributed by atoms with E-state index in [-0.39, 0.29) is 12.1 Å². The fourth-order valence-corrected chi connectivity index (χ4v) is 3.44. The topological polar surface area (TPSA) is 67.2 Å². The number of nitrogens with zero attached hydrogens (tertiary/aromatic N) is 3. The van der Waals surface area contributed by atoms with Crippen LogP contribution in [-0.2, 0) is 10.8 Å². The van der Waals surface area contributed by atoms with Gasteiger partial charge in [-0.2, -0.15) is 5.10 Å². The molecule has 1 saturated heterocycles. The molecule has 7 heteroatoms. The number of hydrogen-bond acceptors (Lipinski definition) is 3. The van der Waals surface area contributed by atoms with Crippen molar-refractivity contribution in [2.24, 2.45) is 0 Å². The van der Waals surface area contributed by atoms with Gasteiger partial charge in [0.05, 0.1) is 12.2 Å². The Bertz CT molecular complexity index is 741. The first-order valence-corrected chi connectivity index (χ1v) is 9.59. The van der Waals surface area contributed by atoms with Gasteiger partial charge in [0.1, 0.15) is 0 Å². The zero-order chi connectivity index (χ0) is 17.1. The number of hydrogen-bond donors (Lipinski definition) is 1.